The summed E-state index contributed by atoms with van der Waals surface area (Å²) in [5.74, 6) is -1.64. The molecule has 0 saturated carbocycles. The van der Waals surface area contributed by atoms with E-state index in [0.29, 0.717) is 0 Å². The van der Waals surface area contributed by atoms with Gasteiger partial charge in [-0.1, -0.05) is 0 Å². The molecule has 0 heterocycles. The van der Waals surface area contributed by atoms with E-state index in [0.717, 1.165) is 0 Å². The number of carboxylic acids is 1. The number of aliphatic carboxylic acids is 1. The van der Waals surface area contributed by atoms with Crippen LogP contribution in [0.2, 0.25) is 0 Å². The Bertz CT molecular complexity index is 151. The Balaban J connectivity index is 0. The Morgan fingerprint density at radius 3 is 2.18 bits per heavy atom. The van der Waals surface area contributed by atoms with Crippen LogP contribution in [0, 0.1) is 0 Å². The smallest absolute Gasteiger partial charge is 0.320 e. The molecule has 0 bridgehead atoms. The third-order valence-electron chi connectivity index (χ3n) is 1.02. The van der Waals surface area contributed by atoms with Gasteiger partial charge in [0.25, 0.3) is 0 Å². The molecule has 0 fully saturated rings. The maximum atomic E-state index is 10.1. The van der Waals surface area contributed by atoms with E-state index in [9.17, 15) is 9.59 Å². The van der Waals surface area contributed by atoms with Crippen molar-refractivity contribution in [2.24, 2.45) is 11.5 Å². The molecule has 0 spiro atoms. The van der Waals surface area contributed by atoms with Crippen LogP contribution in [-0.4, -0.2) is 46.1 Å². The number of carbonyl (C=O) groups excluding carboxylic acids is 1. The van der Waals surface area contributed by atoms with Gasteiger partial charge in [-0.2, -0.15) is 0 Å². The Kier molecular flexibility index (Phi) is 7.70. The number of carbonyl (C=O) groups is 2. The van der Waals surface area contributed by atoms with E-state index in [2.05, 4.69) is 0 Å². The van der Waals surface area contributed by atoms with Crippen LogP contribution >= 0.6 is 0 Å². The van der Waals surface area contributed by atoms with Gasteiger partial charge in [0.2, 0.25) is 5.91 Å². The summed E-state index contributed by atoms with van der Waals surface area (Å²) in [4.78, 5) is 20.1. The van der Waals surface area contributed by atoms with Crippen molar-refractivity contribution in [2.75, 3.05) is 0 Å². The van der Waals surface area contributed by atoms with Crippen LogP contribution in [-0.2, 0) is 9.59 Å². The molecule has 1 atom stereocenters. The summed E-state index contributed by atoms with van der Waals surface area (Å²) < 4.78 is 0. The minimum Gasteiger partial charge on any atom is -0.480 e. The monoisotopic (exact) mass is 172 g/mol. The first-order valence-corrected chi connectivity index (χ1v) is 2.80. The first kappa shape index (κ1) is 13.3. The summed E-state index contributed by atoms with van der Waals surface area (Å²) in [6.07, 6.45) is 0.123. The van der Waals surface area contributed by atoms with Crippen molar-refractivity contribution in [3.8, 4) is 0 Å². The lowest BCUT2D eigenvalue weighted by atomic mass is 10.2. The van der Waals surface area contributed by atoms with Crippen LogP contribution in [0.25, 0.3) is 0 Å². The molecule has 0 radical (unpaired) electrons. The maximum Gasteiger partial charge on any atom is 0.320 e. The molecule has 62 valence electrons. The van der Waals surface area contributed by atoms with E-state index in [-0.39, 0.29) is 35.9 Å². The fraction of sp³-hybridized carbons (Fsp3) is 0.600. The third kappa shape index (κ3) is 7.56. The van der Waals surface area contributed by atoms with Crippen molar-refractivity contribution in [3.05, 3.63) is 0 Å². The normalized spacial score (nSPS) is 11.4. The number of amides is 1. The minimum absolute atomic E-state index is 0. The standard InChI is InChI=1S/C5H10N2O3.Mg.2H/c6-3(5(9)10)1-2-4(7)8;;;/h3H,1-2,6H2,(H2,7,8)(H,9,10);;;/t3-;;;/m0.../s1. The number of hydrogen-bond donors (Lipinski definition) is 3. The molecule has 0 aromatic rings. The van der Waals surface area contributed by atoms with E-state index >= 15 is 0 Å². The van der Waals surface area contributed by atoms with Crippen LogP contribution < -0.4 is 11.5 Å². The molecule has 0 aliphatic carbocycles. The molecule has 0 saturated heterocycles. The second kappa shape index (κ2) is 6.38. The average molecular weight is 172 g/mol. The summed E-state index contributed by atoms with van der Waals surface area (Å²) >= 11 is 0. The number of carboxylic acid groups (broad SMARTS) is 1. The van der Waals surface area contributed by atoms with E-state index in [1.165, 1.54) is 0 Å². The molecule has 5 nitrogen and oxygen atoms in total. The summed E-state index contributed by atoms with van der Waals surface area (Å²) in [5, 5.41) is 8.22. The molecular weight excluding hydrogens is 160 g/mol. The van der Waals surface area contributed by atoms with Crippen molar-refractivity contribution < 1.29 is 14.7 Å². The molecule has 0 aliphatic heterocycles. The molecule has 0 aromatic heterocycles. The van der Waals surface area contributed by atoms with Crippen molar-refractivity contribution in [3.63, 3.8) is 0 Å². The molecule has 0 rings (SSSR count). The maximum absolute atomic E-state index is 10.1. The largest absolute Gasteiger partial charge is 0.480 e. The molecule has 11 heavy (non-hydrogen) atoms. The lowest BCUT2D eigenvalue weighted by Crippen LogP contribution is -2.31. The SMILES string of the molecule is NC(=O)CC[C@H](N)C(=O)O.[MgH2]. The van der Waals surface area contributed by atoms with Crippen LogP contribution in [0.5, 0.6) is 0 Å². The van der Waals surface area contributed by atoms with Gasteiger partial charge in [0.05, 0.1) is 0 Å². The zero-order chi connectivity index (χ0) is 8.15. The highest BCUT2D eigenvalue weighted by Crippen LogP contribution is 1.92. The number of hydrogen-bond acceptors (Lipinski definition) is 3. The predicted octanol–water partition coefficient (Wildman–Crippen LogP) is -2.25. The number of nitrogens with two attached hydrogens (primary N) is 2. The molecule has 6 heteroatoms. The number of primary amides is 1. The Morgan fingerprint density at radius 2 is 1.91 bits per heavy atom. The van der Waals surface area contributed by atoms with Gasteiger partial charge < -0.3 is 16.6 Å². The fourth-order valence-electron chi connectivity index (χ4n) is 0.421. The Hall–Kier alpha value is -0.334. The highest BCUT2D eigenvalue weighted by molar-refractivity contribution is 5.77. The van der Waals surface area contributed by atoms with Crippen LogP contribution in [0.1, 0.15) is 12.8 Å². The van der Waals surface area contributed by atoms with Gasteiger partial charge in [-0.25, -0.2) is 0 Å². The first-order chi connectivity index (χ1) is 4.54. The second-order valence-electron chi connectivity index (χ2n) is 1.95. The number of rotatable bonds is 4. The van der Waals surface area contributed by atoms with Crippen molar-refractivity contribution in [2.45, 2.75) is 18.9 Å². The molecule has 0 aliphatic rings. The van der Waals surface area contributed by atoms with Gasteiger partial charge in [0, 0.05) is 6.42 Å². The van der Waals surface area contributed by atoms with Gasteiger partial charge in [-0.05, 0) is 6.42 Å². The summed E-state index contributed by atoms with van der Waals surface area (Å²) in [6.45, 7) is 0. The fourth-order valence-corrected chi connectivity index (χ4v) is 0.421. The quantitative estimate of drug-likeness (QED) is 0.416. The van der Waals surface area contributed by atoms with Gasteiger partial charge >= 0.3 is 29.0 Å². The van der Waals surface area contributed by atoms with Gasteiger partial charge in [0.1, 0.15) is 6.04 Å². The van der Waals surface area contributed by atoms with E-state index in [1.54, 1.807) is 0 Å². The molecular formula is C5H12MgN2O3. The van der Waals surface area contributed by atoms with E-state index < -0.39 is 17.9 Å². The second-order valence-corrected chi connectivity index (χ2v) is 1.95. The van der Waals surface area contributed by atoms with Crippen molar-refractivity contribution in [1.29, 1.82) is 0 Å². The van der Waals surface area contributed by atoms with Crippen LogP contribution in [0.4, 0.5) is 0 Å². The zero-order valence-corrected chi connectivity index (χ0v) is 5.41. The topological polar surface area (TPSA) is 106 Å². The van der Waals surface area contributed by atoms with Crippen molar-refractivity contribution in [1.82, 2.24) is 0 Å². The molecule has 5 N–H and O–H groups in total. The highest BCUT2D eigenvalue weighted by Gasteiger charge is 2.11. The summed E-state index contributed by atoms with van der Waals surface area (Å²) in [7, 11) is 0. The highest BCUT2D eigenvalue weighted by atomic mass is 24.3. The minimum atomic E-state index is -1.11. The lowest BCUT2D eigenvalue weighted by Gasteiger charge is -2.01. The lowest BCUT2D eigenvalue weighted by molar-refractivity contribution is -0.138. The Morgan fingerprint density at radius 1 is 1.45 bits per heavy atom. The summed E-state index contributed by atoms with van der Waals surface area (Å²) in [6, 6.07) is -0.979. The molecule has 0 aromatic carbocycles. The van der Waals surface area contributed by atoms with Crippen LogP contribution in [0.3, 0.4) is 0 Å². The Labute approximate surface area is 80.3 Å². The van der Waals surface area contributed by atoms with Gasteiger partial charge in [-0.3, -0.25) is 9.59 Å². The predicted molar refractivity (Wildman–Crippen MR) is 42.6 cm³/mol. The average Bonchev–Trinajstić information content (AvgIpc) is 1.82. The van der Waals surface area contributed by atoms with E-state index in [4.69, 9.17) is 16.6 Å². The molecule has 1 amide bonds. The van der Waals surface area contributed by atoms with E-state index in [1.807, 2.05) is 0 Å². The third-order valence-corrected chi connectivity index (χ3v) is 1.02. The van der Waals surface area contributed by atoms with Gasteiger partial charge in [0.15, 0.2) is 0 Å². The molecule has 0 unspecified atom stereocenters. The van der Waals surface area contributed by atoms with Gasteiger partial charge in [-0.15, -0.1) is 0 Å². The zero-order valence-electron chi connectivity index (χ0n) is 5.41. The first-order valence-electron chi connectivity index (χ1n) is 2.80. The van der Waals surface area contributed by atoms with Crippen molar-refractivity contribution >= 4 is 34.9 Å². The van der Waals surface area contributed by atoms with Crippen LogP contribution in [0.15, 0.2) is 0 Å². The summed E-state index contributed by atoms with van der Waals surface area (Å²) in [5.41, 5.74) is 9.81.